The molecule has 1 aromatic carbocycles. The first kappa shape index (κ1) is 23.9. The van der Waals surface area contributed by atoms with Crippen molar-refractivity contribution in [3.05, 3.63) is 35.8 Å². The van der Waals surface area contributed by atoms with Crippen molar-refractivity contribution in [2.45, 2.75) is 39.0 Å². The lowest BCUT2D eigenvalue weighted by Crippen LogP contribution is -2.56. The largest absolute Gasteiger partial charge is 0.370 e. The summed E-state index contributed by atoms with van der Waals surface area (Å²) in [5, 5.41) is 20.9. The normalized spacial score (nSPS) is 22.3. The number of aromatic nitrogens is 1. The summed E-state index contributed by atoms with van der Waals surface area (Å²) < 4.78 is 14.3. The van der Waals surface area contributed by atoms with Gasteiger partial charge in [-0.15, -0.1) is 0 Å². The van der Waals surface area contributed by atoms with Crippen molar-refractivity contribution in [1.29, 1.82) is 5.26 Å². The molecule has 5 rings (SSSR count). The molecule has 0 spiro atoms. The molecule has 1 atom stereocenters. The predicted molar refractivity (Wildman–Crippen MR) is 131 cm³/mol. The Morgan fingerprint density at radius 2 is 1.74 bits per heavy atom. The summed E-state index contributed by atoms with van der Waals surface area (Å²) in [4.78, 5) is 26.2. The zero-order valence-electron chi connectivity index (χ0n) is 20.3. The molecule has 4 heterocycles. The number of likely N-dealkylation sites (tertiary alicyclic amines) is 1. The van der Waals surface area contributed by atoms with E-state index in [-0.39, 0.29) is 17.1 Å². The van der Waals surface area contributed by atoms with Crippen molar-refractivity contribution in [2.24, 2.45) is 5.41 Å². The number of aliphatic hydroxyl groups is 1. The molecular weight excluding hydrogens is 447 g/mol. The molecule has 0 bridgehead atoms. The lowest BCUT2D eigenvalue weighted by atomic mass is 9.81. The molecule has 9 heteroatoms. The first-order chi connectivity index (χ1) is 16.9. The molecule has 3 aliphatic heterocycles. The van der Waals surface area contributed by atoms with Crippen LogP contribution in [-0.2, 0) is 0 Å². The van der Waals surface area contributed by atoms with Gasteiger partial charge in [0.05, 0.1) is 28.3 Å². The highest BCUT2D eigenvalue weighted by molar-refractivity contribution is 6.07. The van der Waals surface area contributed by atoms with E-state index in [9.17, 15) is 19.6 Å². The van der Waals surface area contributed by atoms with Gasteiger partial charge in [0.1, 0.15) is 5.82 Å². The van der Waals surface area contributed by atoms with Gasteiger partial charge in [0.15, 0.2) is 6.35 Å². The SMILES string of the molecule is CC1(C#N)CCN(c2c(C(=O)N3CCN(C(O)N4CCCC4)CC3)cnc3ccc(F)cc23)CC1. The summed E-state index contributed by atoms with van der Waals surface area (Å²) in [5.41, 5.74) is 1.43. The van der Waals surface area contributed by atoms with E-state index >= 15 is 0 Å². The first-order valence-electron chi connectivity index (χ1n) is 12.6. The second-order valence-corrected chi connectivity index (χ2v) is 10.3. The summed E-state index contributed by atoms with van der Waals surface area (Å²) in [6.07, 6.45) is 4.60. The van der Waals surface area contributed by atoms with Crippen LogP contribution >= 0.6 is 0 Å². The van der Waals surface area contributed by atoms with Crippen LogP contribution in [0.5, 0.6) is 0 Å². The smallest absolute Gasteiger partial charge is 0.257 e. The van der Waals surface area contributed by atoms with Gasteiger partial charge in [0.2, 0.25) is 0 Å². The van der Waals surface area contributed by atoms with E-state index in [1.807, 2.05) is 16.7 Å². The van der Waals surface area contributed by atoms with Crippen LogP contribution in [0.2, 0.25) is 0 Å². The highest BCUT2D eigenvalue weighted by Crippen LogP contribution is 2.37. The molecule has 1 amide bonds. The summed E-state index contributed by atoms with van der Waals surface area (Å²) in [6.45, 7) is 7.24. The van der Waals surface area contributed by atoms with E-state index in [0.717, 1.165) is 25.9 Å². The Labute approximate surface area is 205 Å². The quantitative estimate of drug-likeness (QED) is 0.720. The minimum Gasteiger partial charge on any atom is -0.370 e. The lowest BCUT2D eigenvalue weighted by molar-refractivity contribution is -0.114. The first-order valence-corrected chi connectivity index (χ1v) is 12.6. The van der Waals surface area contributed by atoms with E-state index in [1.165, 1.54) is 12.1 Å². The van der Waals surface area contributed by atoms with Crippen molar-refractivity contribution in [3.63, 3.8) is 0 Å². The Balaban J connectivity index is 1.39. The number of rotatable bonds is 4. The number of nitrogens with zero attached hydrogens (tertiary/aromatic N) is 6. The number of benzene rings is 1. The molecule has 1 unspecified atom stereocenters. The summed E-state index contributed by atoms with van der Waals surface area (Å²) in [5.74, 6) is -0.490. The van der Waals surface area contributed by atoms with Crippen molar-refractivity contribution in [1.82, 2.24) is 19.7 Å². The number of pyridine rings is 1. The van der Waals surface area contributed by atoms with Gasteiger partial charge < -0.3 is 14.9 Å². The number of halogens is 1. The van der Waals surface area contributed by atoms with Crippen LogP contribution in [0, 0.1) is 22.6 Å². The maximum Gasteiger partial charge on any atom is 0.257 e. The van der Waals surface area contributed by atoms with Gasteiger partial charge in [-0.25, -0.2) is 4.39 Å². The van der Waals surface area contributed by atoms with Crippen LogP contribution < -0.4 is 4.90 Å². The number of aliphatic hydroxyl groups excluding tert-OH is 1. The van der Waals surface area contributed by atoms with Crippen LogP contribution in [0.1, 0.15) is 43.0 Å². The standard InChI is InChI=1S/C26H33FN6O2/c1-26(18-28)6-10-30(11-7-26)23-20-16-19(27)4-5-22(20)29-17-21(23)24(34)31-12-14-33(15-13-31)25(35)32-8-2-3-9-32/h4-5,16-17,25,35H,2-3,6-15H2,1H3. The van der Waals surface area contributed by atoms with Crippen LogP contribution in [0.4, 0.5) is 10.1 Å². The number of carbonyl (C=O) groups is 1. The maximum atomic E-state index is 14.3. The van der Waals surface area contributed by atoms with E-state index in [0.29, 0.717) is 74.3 Å². The molecule has 186 valence electrons. The van der Waals surface area contributed by atoms with E-state index < -0.39 is 6.35 Å². The molecule has 2 aromatic rings. The zero-order valence-corrected chi connectivity index (χ0v) is 20.3. The second kappa shape index (κ2) is 9.69. The minimum atomic E-state index is -0.599. The number of anilines is 1. The average Bonchev–Trinajstić information content (AvgIpc) is 3.43. The molecule has 1 N–H and O–H groups in total. The Morgan fingerprint density at radius 3 is 2.40 bits per heavy atom. The molecule has 3 fully saturated rings. The number of nitriles is 1. The fourth-order valence-corrected chi connectivity index (χ4v) is 5.51. The predicted octanol–water partition coefficient (Wildman–Crippen LogP) is 2.63. The zero-order chi connectivity index (χ0) is 24.6. The third-order valence-electron chi connectivity index (χ3n) is 7.88. The molecule has 1 aromatic heterocycles. The highest BCUT2D eigenvalue weighted by atomic mass is 19.1. The molecule has 3 aliphatic rings. The van der Waals surface area contributed by atoms with Gasteiger partial charge in [-0.2, -0.15) is 5.26 Å². The fraction of sp³-hybridized carbons (Fsp3) is 0.577. The minimum absolute atomic E-state index is 0.123. The Kier molecular flexibility index (Phi) is 6.62. The van der Waals surface area contributed by atoms with E-state index in [1.54, 1.807) is 12.3 Å². The lowest BCUT2D eigenvalue weighted by Gasteiger charge is -2.41. The van der Waals surface area contributed by atoms with Crippen LogP contribution in [-0.4, -0.2) is 89.4 Å². The molecule has 35 heavy (non-hydrogen) atoms. The van der Waals surface area contributed by atoms with E-state index in [4.69, 9.17) is 0 Å². The number of hydrogen-bond acceptors (Lipinski definition) is 7. The molecule has 0 saturated carbocycles. The Bertz CT molecular complexity index is 1130. The van der Waals surface area contributed by atoms with Crippen LogP contribution in [0.15, 0.2) is 24.4 Å². The van der Waals surface area contributed by atoms with Crippen molar-refractivity contribution >= 4 is 22.5 Å². The molecule has 3 saturated heterocycles. The summed E-state index contributed by atoms with van der Waals surface area (Å²) in [6, 6.07) is 6.90. The Hall–Kier alpha value is -2.80. The van der Waals surface area contributed by atoms with Gasteiger partial charge in [0.25, 0.3) is 5.91 Å². The summed E-state index contributed by atoms with van der Waals surface area (Å²) >= 11 is 0. The van der Waals surface area contributed by atoms with Crippen LogP contribution in [0.25, 0.3) is 10.9 Å². The highest BCUT2D eigenvalue weighted by Gasteiger charge is 2.34. The topological polar surface area (TPSA) is 86.9 Å². The number of piperidine rings is 1. The van der Waals surface area contributed by atoms with Gasteiger partial charge in [-0.3, -0.25) is 19.6 Å². The van der Waals surface area contributed by atoms with Gasteiger partial charge in [-0.05, 0) is 50.8 Å². The van der Waals surface area contributed by atoms with Gasteiger partial charge in [0, 0.05) is 63.9 Å². The third kappa shape index (κ3) is 4.70. The molecular formula is C26H33FN6O2. The fourth-order valence-electron chi connectivity index (χ4n) is 5.51. The number of hydrogen-bond donors (Lipinski definition) is 1. The average molecular weight is 481 g/mol. The van der Waals surface area contributed by atoms with Gasteiger partial charge in [-0.1, -0.05) is 0 Å². The van der Waals surface area contributed by atoms with E-state index in [2.05, 4.69) is 20.9 Å². The maximum absolute atomic E-state index is 14.3. The molecule has 8 nitrogen and oxygen atoms in total. The Morgan fingerprint density at radius 1 is 1.09 bits per heavy atom. The number of amides is 1. The van der Waals surface area contributed by atoms with Crippen molar-refractivity contribution in [3.8, 4) is 6.07 Å². The number of carbonyl (C=O) groups excluding carboxylic acids is 1. The summed E-state index contributed by atoms with van der Waals surface area (Å²) in [7, 11) is 0. The van der Waals surface area contributed by atoms with Gasteiger partial charge >= 0.3 is 0 Å². The number of fused-ring (bicyclic) bond motifs is 1. The van der Waals surface area contributed by atoms with Crippen molar-refractivity contribution < 1.29 is 14.3 Å². The van der Waals surface area contributed by atoms with Crippen LogP contribution in [0.3, 0.4) is 0 Å². The monoisotopic (exact) mass is 480 g/mol. The number of piperazine rings is 1. The molecule has 0 aliphatic carbocycles. The van der Waals surface area contributed by atoms with Crippen molar-refractivity contribution in [2.75, 3.05) is 57.3 Å². The molecule has 0 radical (unpaired) electrons. The second-order valence-electron chi connectivity index (χ2n) is 10.3. The third-order valence-corrected chi connectivity index (χ3v) is 7.88.